The highest BCUT2D eigenvalue weighted by Crippen LogP contribution is 2.18. The first-order valence-electron chi connectivity index (χ1n) is 6.51. The fourth-order valence-corrected chi connectivity index (χ4v) is 2.82. The lowest BCUT2D eigenvalue weighted by atomic mass is 10.1. The number of rotatable bonds is 7. The van der Waals surface area contributed by atoms with Gasteiger partial charge in [0.05, 0.1) is 17.1 Å². The summed E-state index contributed by atoms with van der Waals surface area (Å²) in [7, 11) is 0.158. The van der Waals surface area contributed by atoms with E-state index < -0.39 is 0 Å². The highest BCUT2D eigenvalue weighted by atomic mass is 28.2. The molecule has 0 N–H and O–H groups in total. The van der Waals surface area contributed by atoms with Gasteiger partial charge >= 0.3 is 0 Å². The number of nitro groups is 1. The summed E-state index contributed by atoms with van der Waals surface area (Å²) in [4.78, 5) is 10.6. The molecule has 0 heterocycles. The minimum atomic E-state index is -0.381. The van der Waals surface area contributed by atoms with Gasteiger partial charge in [0.25, 0.3) is 15.5 Å². The number of nitrogens with zero attached hydrogens (tertiary/aromatic N) is 1. The molecule has 5 heteroatoms. The molecule has 0 aromatic heterocycles. The molecule has 0 unspecified atom stereocenters. The Morgan fingerprint density at radius 3 is 2.52 bits per heavy atom. The Morgan fingerprint density at radius 2 is 1.81 bits per heavy atom. The molecule has 21 heavy (non-hydrogen) atoms. The average Bonchev–Trinajstić information content (AvgIpc) is 2.49. The maximum atomic E-state index is 10.9. The first-order chi connectivity index (χ1) is 10.2. The summed E-state index contributed by atoms with van der Waals surface area (Å²) in [5.41, 5.74) is 1.87. The van der Waals surface area contributed by atoms with E-state index in [4.69, 9.17) is 4.43 Å². The number of nitro benzene ring substituents is 1. The van der Waals surface area contributed by atoms with Gasteiger partial charge < -0.3 is 4.43 Å². The Hall–Kier alpha value is -2.24. The van der Waals surface area contributed by atoms with Crippen molar-refractivity contribution in [1.82, 2.24) is 0 Å². The van der Waals surface area contributed by atoms with Crippen molar-refractivity contribution in [3.05, 3.63) is 82.4 Å². The maximum absolute atomic E-state index is 10.9. The molecule has 0 aliphatic heterocycles. The van der Waals surface area contributed by atoms with Gasteiger partial charge in [-0.05, 0) is 23.2 Å². The third kappa shape index (κ3) is 4.11. The van der Waals surface area contributed by atoms with E-state index in [1.807, 2.05) is 30.3 Å². The van der Waals surface area contributed by atoms with E-state index >= 15 is 0 Å². The molecule has 2 radical (unpaired) electrons. The second kappa shape index (κ2) is 7.52. The van der Waals surface area contributed by atoms with E-state index in [2.05, 4.69) is 6.58 Å². The van der Waals surface area contributed by atoms with Crippen molar-refractivity contribution in [2.75, 3.05) is 0 Å². The lowest BCUT2D eigenvalue weighted by Gasteiger charge is -2.07. The average molecular weight is 297 g/mol. The summed E-state index contributed by atoms with van der Waals surface area (Å²) in [6, 6.07) is 14.6. The molecule has 2 aromatic carbocycles. The SMILES string of the molecule is C=CCc1ccccc1[Si]OCc1ccccc1[N+](=O)[O-]. The second-order valence-corrected chi connectivity index (χ2v) is 5.46. The minimum absolute atomic E-state index is 0.0988. The zero-order valence-electron chi connectivity index (χ0n) is 11.5. The fourth-order valence-electron chi connectivity index (χ4n) is 1.96. The number of hydrogen-bond donors (Lipinski definition) is 0. The van der Waals surface area contributed by atoms with Gasteiger partial charge in [-0.3, -0.25) is 10.1 Å². The predicted octanol–water partition coefficient (Wildman–Crippen LogP) is 2.78. The summed E-state index contributed by atoms with van der Waals surface area (Å²) in [5.74, 6) is 0. The van der Waals surface area contributed by atoms with Crippen molar-refractivity contribution in [2.45, 2.75) is 13.0 Å². The van der Waals surface area contributed by atoms with Crippen molar-refractivity contribution in [1.29, 1.82) is 0 Å². The van der Waals surface area contributed by atoms with Crippen molar-refractivity contribution in [3.8, 4) is 0 Å². The Balaban J connectivity index is 2.02. The topological polar surface area (TPSA) is 52.4 Å². The molecule has 0 atom stereocenters. The van der Waals surface area contributed by atoms with E-state index in [1.54, 1.807) is 18.2 Å². The third-order valence-corrected chi connectivity index (χ3v) is 3.98. The lowest BCUT2D eigenvalue weighted by Crippen LogP contribution is -2.21. The van der Waals surface area contributed by atoms with Crippen LogP contribution in [0.1, 0.15) is 11.1 Å². The van der Waals surface area contributed by atoms with Crippen LogP contribution >= 0.6 is 0 Å². The monoisotopic (exact) mass is 297 g/mol. The molecule has 0 amide bonds. The Morgan fingerprint density at radius 1 is 1.14 bits per heavy atom. The lowest BCUT2D eigenvalue weighted by molar-refractivity contribution is -0.385. The Labute approximate surface area is 126 Å². The summed E-state index contributed by atoms with van der Waals surface area (Å²) in [6.45, 7) is 3.98. The van der Waals surface area contributed by atoms with E-state index in [1.165, 1.54) is 11.6 Å². The van der Waals surface area contributed by atoms with Crippen LogP contribution in [0.4, 0.5) is 5.69 Å². The molecular formula is C16H15NO3Si. The van der Waals surface area contributed by atoms with Crippen LogP contribution in [0.25, 0.3) is 0 Å². The highest BCUT2D eigenvalue weighted by molar-refractivity contribution is 6.47. The van der Waals surface area contributed by atoms with Gasteiger partial charge in [-0.15, -0.1) is 6.58 Å². The zero-order chi connectivity index (χ0) is 15.1. The van der Waals surface area contributed by atoms with E-state index in [9.17, 15) is 10.1 Å². The van der Waals surface area contributed by atoms with Gasteiger partial charge in [0, 0.05) is 6.07 Å². The number of allylic oxidation sites excluding steroid dienone is 1. The van der Waals surface area contributed by atoms with E-state index in [0.717, 1.165) is 11.6 Å². The van der Waals surface area contributed by atoms with Crippen LogP contribution in [-0.4, -0.2) is 14.7 Å². The normalized spacial score (nSPS) is 10.3. The molecule has 2 rings (SSSR count). The standard InChI is InChI=1S/C16H15NO3Si/c1-2-7-13-8-4-6-11-16(13)21-20-12-14-9-3-5-10-15(14)17(18)19/h2-6,8-11H,1,7,12H2. The summed E-state index contributed by atoms with van der Waals surface area (Å²) in [5, 5.41) is 12.0. The van der Waals surface area contributed by atoms with Gasteiger partial charge in [0.1, 0.15) is 0 Å². The zero-order valence-corrected chi connectivity index (χ0v) is 12.5. The molecule has 4 nitrogen and oxygen atoms in total. The maximum Gasteiger partial charge on any atom is 0.274 e. The number of benzene rings is 2. The van der Waals surface area contributed by atoms with Gasteiger partial charge in [-0.25, -0.2) is 0 Å². The summed E-state index contributed by atoms with van der Waals surface area (Å²) >= 11 is 0. The molecule has 0 spiro atoms. The Kier molecular flexibility index (Phi) is 5.42. The predicted molar refractivity (Wildman–Crippen MR) is 83.6 cm³/mol. The van der Waals surface area contributed by atoms with Crippen LogP contribution in [0.3, 0.4) is 0 Å². The minimum Gasteiger partial charge on any atom is -0.407 e. The second-order valence-electron chi connectivity index (χ2n) is 4.43. The largest absolute Gasteiger partial charge is 0.407 e. The van der Waals surface area contributed by atoms with Gasteiger partial charge in [0.2, 0.25) is 0 Å². The summed E-state index contributed by atoms with van der Waals surface area (Å²) < 4.78 is 5.67. The van der Waals surface area contributed by atoms with Crippen molar-refractivity contribution in [3.63, 3.8) is 0 Å². The molecule has 0 fully saturated rings. The van der Waals surface area contributed by atoms with Crippen LogP contribution in [0, 0.1) is 10.1 Å². The van der Waals surface area contributed by atoms with Crippen molar-refractivity contribution in [2.24, 2.45) is 0 Å². The van der Waals surface area contributed by atoms with Gasteiger partial charge in [-0.2, -0.15) is 0 Å². The van der Waals surface area contributed by atoms with Gasteiger partial charge in [-0.1, -0.05) is 42.5 Å². The first kappa shape index (κ1) is 15.2. The summed E-state index contributed by atoms with van der Waals surface area (Å²) in [6.07, 6.45) is 2.64. The van der Waals surface area contributed by atoms with Crippen LogP contribution in [-0.2, 0) is 17.5 Å². The third-order valence-electron chi connectivity index (χ3n) is 2.98. The smallest absolute Gasteiger partial charge is 0.274 e. The molecule has 0 bridgehead atoms. The molecule has 0 aliphatic carbocycles. The molecule has 0 aliphatic rings. The molecular weight excluding hydrogens is 282 g/mol. The van der Waals surface area contributed by atoms with Crippen molar-refractivity contribution < 1.29 is 9.35 Å². The molecule has 0 saturated heterocycles. The van der Waals surface area contributed by atoms with Crippen LogP contribution in [0.2, 0.25) is 0 Å². The first-order valence-corrected chi connectivity index (χ1v) is 7.42. The molecule has 0 saturated carbocycles. The number of para-hydroxylation sites is 1. The molecule has 106 valence electrons. The fraction of sp³-hybridized carbons (Fsp3) is 0.125. The highest BCUT2D eigenvalue weighted by Gasteiger charge is 2.12. The van der Waals surface area contributed by atoms with Crippen LogP contribution < -0.4 is 5.19 Å². The molecule has 2 aromatic rings. The quantitative estimate of drug-likeness (QED) is 0.342. The van der Waals surface area contributed by atoms with E-state index in [0.29, 0.717) is 5.56 Å². The van der Waals surface area contributed by atoms with Gasteiger partial charge in [0.15, 0.2) is 0 Å². The Bertz CT molecular complexity index is 643. The number of hydrogen-bond acceptors (Lipinski definition) is 3. The van der Waals surface area contributed by atoms with Crippen LogP contribution in [0.15, 0.2) is 61.2 Å². The van der Waals surface area contributed by atoms with Crippen LogP contribution in [0.5, 0.6) is 0 Å². The van der Waals surface area contributed by atoms with E-state index in [-0.39, 0.29) is 27.0 Å². The van der Waals surface area contributed by atoms with Crippen molar-refractivity contribution >= 4 is 20.6 Å².